The summed E-state index contributed by atoms with van der Waals surface area (Å²) in [4.78, 5) is 16.1. The second-order valence-electron chi connectivity index (χ2n) is 4.92. The molecule has 0 radical (unpaired) electrons. The Kier molecular flexibility index (Phi) is 4.00. The molecular formula is C16H17N3O2. The van der Waals surface area contributed by atoms with Crippen molar-refractivity contribution in [1.29, 1.82) is 0 Å². The first-order chi connectivity index (χ1) is 10.3. The highest BCUT2D eigenvalue weighted by Gasteiger charge is 2.11. The number of aryl methyl sites for hydroxylation is 1. The third kappa shape index (κ3) is 3.51. The number of benzene rings is 1. The van der Waals surface area contributed by atoms with E-state index in [1.165, 1.54) is 5.56 Å². The number of pyridine rings is 1. The standard InChI is InChI=1S/C16H17N3O2/c20-16(21-11-12-5-2-1-3-6-12)19-14-9-8-13-7-4-10-17-15(13)18-14/h1-3,5-6,8-9H,4,7,10-11H2,(H2,17,18,19,20). The molecule has 2 N–H and O–H groups in total. The molecule has 0 saturated carbocycles. The van der Waals surface area contributed by atoms with Crippen LogP contribution in [0.25, 0.3) is 0 Å². The number of hydrogen-bond acceptors (Lipinski definition) is 4. The van der Waals surface area contributed by atoms with Crippen LogP contribution in [0.15, 0.2) is 42.5 Å². The molecule has 0 bridgehead atoms. The molecule has 0 unspecified atom stereocenters. The molecule has 1 aromatic heterocycles. The number of ether oxygens (including phenoxy) is 1. The summed E-state index contributed by atoms with van der Waals surface area (Å²) in [6.45, 7) is 1.16. The van der Waals surface area contributed by atoms with Crippen molar-refractivity contribution in [3.8, 4) is 0 Å². The summed E-state index contributed by atoms with van der Waals surface area (Å²) in [6.07, 6.45) is 1.64. The minimum atomic E-state index is -0.498. The molecule has 5 nitrogen and oxygen atoms in total. The van der Waals surface area contributed by atoms with E-state index in [4.69, 9.17) is 4.74 Å². The number of fused-ring (bicyclic) bond motifs is 1. The molecule has 2 aromatic rings. The summed E-state index contributed by atoms with van der Waals surface area (Å²) in [6, 6.07) is 13.4. The number of nitrogens with zero attached hydrogens (tertiary/aromatic N) is 1. The Morgan fingerprint density at radius 3 is 2.95 bits per heavy atom. The molecular weight excluding hydrogens is 266 g/mol. The summed E-state index contributed by atoms with van der Waals surface area (Å²) in [5.41, 5.74) is 2.14. The van der Waals surface area contributed by atoms with Gasteiger partial charge in [0.15, 0.2) is 0 Å². The van der Waals surface area contributed by atoms with Gasteiger partial charge < -0.3 is 10.1 Å². The van der Waals surface area contributed by atoms with Crippen molar-refractivity contribution in [3.63, 3.8) is 0 Å². The van der Waals surface area contributed by atoms with Crippen LogP contribution in [-0.4, -0.2) is 17.6 Å². The zero-order valence-electron chi connectivity index (χ0n) is 11.6. The predicted molar refractivity (Wildman–Crippen MR) is 81.3 cm³/mol. The van der Waals surface area contributed by atoms with Crippen LogP contribution < -0.4 is 10.6 Å². The molecule has 21 heavy (non-hydrogen) atoms. The van der Waals surface area contributed by atoms with Gasteiger partial charge in [0.05, 0.1) is 0 Å². The van der Waals surface area contributed by atoms with Gasteiger partial charge in [-0.3, -0.25) is 5.32 Å². The van der Waals surface area contributed by atoms with Gasteiger partial charge in [-0.05, 0) is 30.0 Å². The first-order valence-electron chi connectivity index (χ1n) is 7.03. The fourth-order valence-electron chi connectivity index (χ4n) is 2.26. The van der Waals surface area contributed by atoms with E-state index in [1.807, 2.05) is 36.4 Å². The SMILES string of the molecule is O=C(Nc1ccc2c(n1)NCCC2)OCc1ccccc1. The molecule has 1 aliphatic heterocycles. The van der Waals surface area contributed by atoms with Crippen molar-refractivity contribution >= 4 is 17.7 Å². The second kappa shape index (κ2) is 6.26. The van der Waals surface area contributed by atoms with Crippen LogP contribution in [-0.2, 0) is 17.8 Å². The molecule has 1 aliphatic rings. The first kappa shape index (κ1) is 13.4. The molecule has 108 valence electrons. The van der Waals surface area contributed by atoms with Crippen LogP contribution >= 0.6 is 0 Å². The lowest BCUT2D eigenvalue weighted by atomic mass is 10.1. The number of nitrogens with one attached hydrogen (secondary N) is 2. The van der Waals surface area contributed by atoms with E-state index in [0.29, 0.717) is 5.82 Å². The summed E-state index contributed by atoms with van der Waals surface area (Å²) < 4.78 is 5.17. The van der Waals surface area contributed by atoms with Crippen LogP contribution in [0.5, 0.6) is 0 Å². The summed E-state index contributed by atoms with van der Waals surface area (Å²) in [7, 11) is 0. The fourth-order valence-corrected chi connectivity index (χ4v) is 2.26. The molecule has 0 spiro atoms. The Bertz CT molecular complexity index is 629. The number of amides is 1. The van der Waals surface area contributed by atoms with Crippen molar-refractivity contribution < 1.29 is 9.53 Å². The Morgan fingerprint density at radius 1 is 1.24 bits per heavy atom. The van der Waals surface area contributed by atoms with E-state index in [1.54, 1.807) is 6.07 Å². The van der Waals surface area contributed by atoms with Crippen molar-refractivity contribution in [2.45, 2.75) is 19.4 Å². The Balaban J connectivity index is 1.57. The van der Waals surface area contributed by atoms with Gasteiger partial charge in [0.1, 0.15) is 18.2 Å². The average Bonchev–Trinajstić information content (AvgIpc) is 2.54. The first-order valence-corrected chi connectivity index (χ1v) is 7.03. The molecule has 2 heterocycles. The van der Waals surface area contributed by atoms with Crippen molar-refractivity contribution in [2.24, 2.45) is 0 Å². The highest BCUT2D eigenvalue weighted by Crippen LogP contribution is 2.21. The maximum atomic E-state index is 11.8. The average molecular weight is 283 g/mol. The lowest BCUT2D eigenvalue weighted by Gasteiger charge is -2.17. The number of anilines is 2. The summed E-state index contributed by atoms with van der Waals surface area (Å²) >= 11 is 0. The lowest BCUT2D eigenvalue weighted by Crippen LogP contribution is -2.17. The van der Waals surface area contributed by atoms with Gasteiger partial charge in [-0.25, -0.2) is 9.78 Å². The van der Waals surface area contributed by atoms with Gasteiger partial charge in [0, 0.05) is 6.54 Å². The molecule has 0 atom stereocenters. The maximum absolute atomic E-state index is 11.8. The minimum Gasteiger partial charge on any atom is -0.444 e. The maximum Gasteiger partial charge on any atom is 0.413 e. The molecule has 1 amide bonds. The smallest absolute Gasteiger partial charge is 0.413 e. The van der Waals surface area contributed by atoms with Crippen molar-refractivity contribution in [3.05, 3.63) is 53.6 Å². The van der Waals surface area contributed by atoms with Crippen LogP contribution in [0.3, 0.4) is 0 Å². The van der Waals surface area contributed by atoms with Crippen molar-refractivity contribution in [2.75, 3.05) is 17.2 Å². The Morgan fingerprint density at radius 2 is 2.10 bits per heavy atom. The molecule has 1 aromatic carbocycles. The quantitative estimate of drug-likeness (QED) is 0.908. The molecule has 0 aliphatic carbocycles. The number of carbonyl (C=O) groups excluding carboxylic acids is 1. The van der Waals surface area contributed by atoms with Gasteiger partial charge in [-0.15, -0.1) is 0 Å². The third-order valence-electron chi connectivity index (χ3n) is 3.34. The number of rotatable bonds is 3. The molecule has 0 saturated heterocycles. The van der Waals surface area contributed by atoms with Crippen LogP contribution in [0, 0.1) is 0 Å². The zero-order chi connectivity index (χ0) is 14.5. The van der Waals surface area contributed by atoms with E-state index >= 15 is 0 Å². The Hall–Kier alpha value is -2.56. The normalized spacial score (nSPS) is 13.0. The van der Waals surface area contributed by atoms with E-state index in [9.17, 15) is 4.79 Å². The third-order valence-corrected chi connectivity index (χ3v) is 3.34. The Labute approximate surface area is 123 Å². The number of aromatic nitrogens is 1. The highest BCUT2D eigenvalue weighted by atomic mass is 16.5. The van der Waals surface area contributed by atoms with Gasteiger partial charge in [-0.1, -0.05) is 36.4 Å². The van der Waals surface area contributed by atoms with Crippen molar-refractivity contribution in [1.82, 2.24) is 4.98 Å². The van der Waals surface area contributed by atoms with Gasteiger partial charge in [0.25, 0.3) is 0 Å². The topological polar surface area (TPSA) is 63.2 Å². The molecule has 5 heteroatoms. The molecule has 0 fully saturated rings. The van der Waals surface area contributed by atoms with Crippen LogP contribution in [0.2, 0.25) is 0 Å². The van der Waals surface area contributed by atoms with Crippen LogP contribution in [0.1, 0.15) is 17.5 Å². The van der Waals surface area contributed by atoms with Crippen LogP contribution in [0.4, 0.5) is 16.4 Å². The fraction of sp³-hybridized carbons (Fsp3) is 0.250. The molecule has 3 rings (SSSR count). The summed E-state index contributed by atoms with van der Waals surface area (Å²) in [5.74, 6) is 1.35. The van der Waals surface area contributed by atoms with Gasteiger partial charge in [0.2, 0.25) is 0 Å². The minimum absolute atomic E-state index is 0.246. The number of carbonyl (C=O) groups is 1. The van der Waals surface area contributed by atoms with E-state index in [-0.39, 0.29) is 6.61 Å². The second-order valence-corrected chi connectivity index (χ2v) is 4.92. The van der Waals surface area contributed by atoms with E-state index in [0.717, 1.165) is 30.8 Å². The monoisotopic (exact) mass is 283 g/mol. The van der Waals surface area contributed by atoms with E-state index < -0.39 is 6.09 Å². The number of hydrogen-bond donors (Lipinski definition) is 2. The van der Waals surface area contributed by atoms with Gasteiger partial charge >= 0.3 is 6.09 Å². The summed E-state index contributed by atoms with van der Waals surface area (Å²) in [5, 5.41) is 5.88. The van der Waals surface area contributed by atoms with E-state index in [2.05, 4.69) is 15.6 Å². The lowest BCUT2D eigenvalue weighted by molar-refractivity contribution is 0.155. The highest BCUT2D eigenvalue weighted by molar-refractivity contribution is 5.83. The largest absolute Gasteiger partial charge is 0.444 e. The predicted octanol–water partition coefficient (Wildman–Crippen LogP) is 3.19. The zero-order valence-corrected chi connectivity index (χ0v) is 11.6. The van der Waals surface area contributed by atoms with Gasteiger partial charge in [-0.2, -0.15) is 0 Å².